The molecular weight excluding hydrogens is 365 g/mol. The maximum atomic E-state index is 13.6. The number of hydrogen-bond acceptors (Lipinski definition) is 4. The standard InChI is InChI=1S/C20H24FN3O2S/c1-13-9-10-15(11-16(13)21)22-20(26)14(2)24(3)12-19(25)23-17-7-5-6-8-18(17)27-4/h5-11,14H,12H2,1-4H3,(H,22,26)(H,23,25). The van der Waals surface area contributed by atoms with Gasteiger partial charge < -0.3 is 10.6 Å². The summed E-state index contributed by atoms with van der Waals surface area (Å²) in [7, 11) is 1.69. The lowest BCUT2D eigenvalue weighted by Crippen LogP contribution is -2.43. The number of aryl methyl sites for hydroxylation is 1. The Morgan fingerprint density at radius 3 is 2.56 bits per heavy atom. The molecule has 0 fully saturated rings. The lowest BCUT2D eigenvalue weighted by atomic mass is 10.2. The van der Waals surface area contributed by atoms with Gasteiger partial charge in [0.15, 0.2) is 0 Å². The van der Waals surface area contributed by atoms with Crippen molar-refractivity contribution >= 4 is 35.0 Å². The fourth-order valence-corrected chi connectivity index (χ4v) is 2.97. The van der Waals surface area contributed by atoms with E-state index in [2.05, 4.69) is 10.6 Å². The van der Waals surface area contributed by atoms with E-state index in [1.54, 1.807) is 49.7 Å². The molecule has 0 aliphatic carbocycles. The predicted molar refractivity (Wildman–Crippen MR) is 109 cm³/mol. The average molecular weight is 389 g/mol. The van der Waals surface area contributed by atoms with Crippen LogP contribution in [0.25, 0.3) is 0 Å². The van der Waals surface area contributed by atoms with Crippen LogP contribution in [0, 0.1) is 12.7 Å². The summed E-state index contributed by atoms with van der Waals surface area (Å²) in [5, 5.41) is 5.54. The highest BCUT2D eigenvalue weighted by molar-refractivity contribution is 7.98. The third-order valence-electron chi connectivity index (χ3n) is 4.25. The monoisotopic (exact) mass is 389 g/mol. The van der Waals surface area contributed by atoms with E-state index < -0.39 is 6.04 Å². The van der Waals surface area contributed by atoms with Crippen molar-refractivity contribution in [1.82, 2.24) is 4.90 Å². The Morgan fingerprint density at radius 1 is 1.19 bits per heavy atom. The number of carbonyl (C=O) groups is 2. The van der Waals surface area contributed by atoms with Crippen LogP contribution in [-0.2, 0) is 9.59 Å². The molecule has 5 nitrogen and oxygen atoms in total. The molecule has 1 atom stereocenters. The Bertz CT molecular complexity index is 829. The summed E-state index contributed by atoms with van der Waals surface area (Å²) in [6, 6.07) is 11.5. The molecular formula is C20H24FN3O2S. The van der Waals surface area contributed by atoms with E-state index in [0.29, 0.717) is 11.3 Å². The number of carbonyl (C=O) groups excluding carboxylic acids is 2. The van der Waals surface area contributed by atoms with Gasteiger partial charge in [0, 0.05) is 10.6 Å². The number of nitrogens with one attached hydrogen (secondary N) is 2. The molecule has 7 heteroatoms. The number of likely N-dealkylation sites (N-methyl/N-ethyl adjacent to an activating group) is 1. The van der Waals surface area contributed by atoms with Gasteiger partial charge in [-0.1, -0.05) is 18.2 Å². The first kappa shape index (κ1) is 20.9. The van der Waals surface area contributed by atoms with Crippen LogP contribution < -0.4 is 10.6 Å². The van der Waals surface area contributed by atoms with E-state index in [1.807, 2.05) is 30.5 Å². The number of halogens is 1. The van der Waals surface area contributed by atoms with E-state index in [-0.39, 0.29) is 24.2 Å². The van der Waals surface area contributed by atoms with Crippen molar-refractivity contribution in [3.8, 4) is 0 Å². The molecule has 2 amide bonds. The van der Waals surface area contributed by atoms with Gasteiger partial charge >= 0.3 is 0 Å². The maximum Gasteiger partial charge on any atom is 0.241 e. The normalized spacial score (nSPS) is 11.9. The molecule has 2 aromatic rings. The Hall–Kier alpha value is -2.38. The Morgan fingerprint density at radius 2 is 1.89 bits per heavy atom. The van der Waals surface area contributed by atoms with Crippen LogP contribution in [0.4, 0.5) is 15.8 Å². The molecule has 0 aliphatic heterocycles. The molecule has 0 spiro atoms. The van der Waals surface area contributed by atoms with Gasteiger partial charge in [-0.15, -0.1) is 11.8 Å². The number of rotatable bonds is 7. The minimum absolute atomic E-state index is 0.0551. The van der Waals surface area contributed by atoms with Gasteiger partial charge in [0.1, 0.15) is 5.82 Å². The summed E-state index contributed by atoms with van der Waals surface area (Å²) in [5.74, 6) is -0.890. The van der Waals surface area contributed by atoms with Crippen LogP contribution in [0.2, 0.25) is 0 Å². The first-order valence-corrected chi connectivity index (χ1v) is 9.74. The first-order chi connectivity index (χ1) is 12.8. The molecule has 2 N–H and O–H groups in total. The number of hydrogen-bond donors (Lipinski definition) is 2. The lowest BCUT2D eigenvalue weighted by molar-refractivity contribution is -0.122. The van der Waals surface area contributed by atoms with Crippen molar-refractivity contribution in [2.75, 3.05) is 30.5 Å². The Labute approximate surface area is 163 Å². The van der Waals surface area contributed by atoms with Gasteiger partial charge in [-0.2, -0.15) is 0 Å². The van der Waals surface area contributed by atoms with Crippen molar-refractivity contribution in [3.05, 3.63) is 53.8 Å². The summed E-state index contributed by atoms with van der Waals surface area (Å²) in [6.07, 6.45) is 1.94. The van der Waals surface area contributed by atoms with Crippen LogP contribution in [0.15, 0.2) is 47.4 Å². The summed E-state index contributed by atoms with van der Waals surface area (Å²) < 4.78 is 13.6. The number of nitrogens with zero attached hydrogens (tertiary/aromatic N) is 1. The SMILES string of the molecule is CSc1ccccc1NC(=O)CN(C)C(C)C(=O)Nc1ccc(C)c(F)c1. The van der Waals surface area contributed by atoms with E-state index in [0.717, 1.165) is 10.6 Å². The molecule has 2 rings (SSSR count). The molecule has 0 aliphatic rings. The minimum Gasteiger partial charge on any atom is -0.325 e. The number of para-hydroxylation sites is 1. The summed E-state index contributed by atoms with van der Waals surface area (Å²) in [5.41, 5.74) is 1.65. The number of benzene rings is 2. The number of anilines is 2. The van der Waals surface area contributed by atoms with Gasteiger partial charge in [-0.05, 0) is 57.0 Å². The van der Waals surface area contributed by atoms with E-state index >= 15 is 0 Å². The second-order valence-corrected chi connectivity index (χ2v) is 7.14. The highest BCUT2D eigenvalue weighted by atomic mass is 32.2. The minimum atomic E-state index is -0.559. The second-order valence-electron chi connectivity index (χ2n) is 6.29. The van der Waals surface area contributed by atoms with Gasteiger partial charge in [0.2, 0.25) is 11.8 Å². The summed E-state index contributed by atoms with van der Waals surface area (Å²) >= 11 is 1.55. The van der Waals surface area contributed by atoms with Gasteiger partial charge in [0.25, 0.3) is 0 Å². The van der Waals surface area contributed by atoms with Crippen LogP contribution in [-0.4, -0.2) is 42.6 Å². The number of amides is 2. The molecule has 0 radical (unpaired) electrons. The average Bonchev–Trinajstić information content (AvgIpc) is 2.64. The van der Waals surface area contributed by atoms with Gasteiger partial charge in [-0.25, -0.2) is 4.39 Å². The van der Waals surface area contributed by atoms with Crippen molar-refractivity contribution < 1.29 is 14.0 Å². The molecule has 2 aromatic carbocycles. The molecule has 144 valence electrons. The maximum absolute atomic E-state index is 13.6. The molecule has 27 heavy (non-hydrogen) atoms. The van der Waals surface area contributed by atoms with Crippen molar-refractivity contribution in [1.29, 1.82) is 0 Å². The summed E-state index contributed by atoms with van der Waals surface area (Å²) in [6.45, 7) is 3.41. The van der Waals surface area contributed by atoms with E-state index in [4.69, 9.17) is 0 Å². The summed E-state index contributed by atoms with van der Waals surface area (Å²) in [4.78, 5) is 27.3. The molecule has 0 aromatic heterocycles. The molecule has 0 saturated carbocycles. The Balaban J connectivity index is 1.93. The third-order valence-corrected chi connectivity index (χ3v) is 5.05. The fraction of sp³-hybridized carbons (Fsp3) is 0.300. The van der Waals surface area contributed by atoms with Crippen LogP contribution >= 0.6 is 11.8 Å². The van der Waals surface area contributed by atoms with Crippen LogP contribution in [0.3, 0.4) is 0 Å². The molecule has 0 bridgehead atoms. The first-order valence-electron chi connectivity index (χ1n) is 8.52. The third kappa shape index (κ3) is 5.80. The van der Waals surface area contributed by atoms with Crippen molar-refractivity contribution in [2.45, 2.75) is 24.8 Å². The topological polar surface area (TPSA) is 61.4 Å². The van der Waals surface area contributed by atoms with E-state index in [1.165, 1.54) is 6.07 Å². The fourth-order valence-electron chi connectivity index (χ4n) is 2.42. The quantitative estimate of drug-likeness (QED) is 0.708. The lowest BCUT2D eigenvalue weighted by Gasteiger charge is -2.23. The Kier molecular flexibility index (Phi) is 7.38. The zero-order valence-corrected chi connectivity index (χ0v) is 16.7. The predicted octanol–water partition coefficient (Wildman–Crippen LogP) is 3.75. The highest BCUT2D eigenvalue weighted by Crippen LogP contribution is 2.24. The van der Waals surface area contributed by atoms with Crippen molar-refractivity contribution in [2.24, 2.45) is 0 Å². The number of thioether (sulfide) groups is 1. The zero-order chi connectivity index (χ0) is 20.0. The second kappa shape index (κ2) is 9.53. The molecule has 0 heterocycles. The molecule has 1 unspecified atom stereocenters. The smallest absolute Gasteiger partial charge is 0.241 e. The van der Waals surface area contributed by atoms with Crippen LogP contribution in [0.5, 0.6) is 0 Å². The van der Waals surface area contributed by atoms with Gasteiger partial charge in [-0.3, -0.25) is 14.5 Å². The van der Waals surface area contributed by atoms with Crippen molar-refractivity contribution in [3.63, 3.8) is 0 Å². The highest BCUT2D eigenvalue weighted by Gasteiger charge is 2.21. The van der Waals surface area contributed by atoms with Gasteiger partial charge in [0.05, 0.1) is 18.3 Å². The molecule has 0 saturated heterocycles. The zero-order valence-electron chi connectivity index (χ0n) is 15.9. The largest absolute Gasteiger partial charge is 0.325 e. The van der Waals surface area contributed by atoms with E-state index in [9.17, 15) is 14.0 Å². The van der Waals surface area contributed by atoms with Crippen LogP contribution in [0.1, 0.15) is 12.5 Å².